The maximum absolute atomic E-state index is 9.12. The van der Waals surface area contributed by atoms with Crippen molar-refractivity contribution in [3.05, 3.63) is 0 Å². The Kier molecular flexibility index (Phi) is 1.90. The Morgan fingerprint density at radius 3 is 2.50 bits per heavy atom. The molecule has 10 heavy (non-hydrogen) atoms. The zero-order valence-electron chi connectivity index (χ0n) is 6.34. The van der Waals surface area contributed by atoms with Crippen LogP contribution in [0.2, 0.25) is 0 Å². The van der Waals surface area contributed by atoms with E-state index < -0.39 is 24.3 Å². The largest absolute Gasteiger partial charge is 0.394 e. The fourth-order valence-corrected chi connectivity index (χ4v) is 0.928. The molecule has 0 spiro atoms. The first-order chi connectivity index (χ1) is 5.20. The lowest BCUT2D eigenvalue weighted by atomic mass is 9.93. The topological polar surface area (TPSA) is 69.9 Å². The van der Waals surface area contributed by atoms with E-state index in [2.05, 4.69) is 0 Å². The number of aliphatic hydroxyl groups is 3. The summed E-state index contributed by atoms with van der Waals surface area (Å²) in [5.41, 5.74) is 0. The van der Waals surface area contributed by atoms with Crippen LogP contribution in [0.5, 0.6) is 0 Å². The highest BCUT2D eigenvalue weighted by Gasteiger charge is 2.39. The second kappa shape index (κ2) is 2.88. The van der Waals surface area contributed by atoms with Gasteiger partial charge < -0.3 is 20.1 Å². The maximum atomic E-state index is 9.12. The van der Waals surface area contributed by atoms with Crippen LogP contribution >= 0.6 is 0 Å². The summed E-state index contributed by atoms with van der Waals surface area (Å²) >= 11 is 0. The lowest BCUT2D eigenvalue weighted by Crippen LogP contribution is -2.33. The van der Waals surface area contributed by atoms with Crippen molar-refractivity contribution < 1.29 is 20.1 Å². The third-order valence-electron chi connectivity index (χ3n) is 1.58. The molecule has 0 aromatic carbocycles. The predicted molar refractivity (Wildman–Crippen MR) is 34.9 cm³/mol. The lowest BCUT2D eigenvalue weighted by molar-refractivity contribution is -0.00875. The van der Waals surface area contributed by atoms with Crippen molar-refractivity contribution in [1.29, 1.82) is 1.34 Å². The van der Waals surface area contributed by atoms with E-state index in [4.69, 9.17) is 21.4 Å². The fraction of sp³-hybridized carbons (Fsp3) is 1.00. The Bertz CT molecular complexity index is 118. The maximum Gasteiger partial charge on any atom is 0.131 e. The van der Waals surface area contributed by atoms with Crippen molar-refractivity contribution in [2.24, 2.45) is 0 Å². The molecule has 4 nitrogen and oxygen atoms in total. The number of rotatable bonds is 2. The summed E-state index contributed by atoms with van der Waals surface area (Å²) in [6, 6.07) is -0.790. The van der Waals surface area contributed by atoms with Gasteiger partial charge in [0.1, 0.15) is 26.1 Å². The van der Waals surface area contributed by atoms with Gasteiger partial charge in [-0.1, -0.05) is 0 Å². The molecule has 1 saturated heterocycles. The van der Waals surface area contributed by atoms with Crippen LogP contribution in [0.15, 0.2) is 0 Å². The van der Waals surface area contributed by atoms with Gasteiger partial charge in [-0.2, -0.15) is 0 Å². The average Bonchev–Trinajstić information content (AvgIpc) is 2.30. The highest BCUT2D eigenvalue weighted by Crippen LogP contribution is 2.18. The molecule has 57 valence electrons. The smallest absolute Gasteiger partial charge is 0.131 e. The van der Waals surface area contributed by atoms with Gasteiger partial charge in [-0.25, -0.2) is 0 Å². The van der Waals surface area contributed by atoms with Crippen LogP contribution < -0.4 is 0 Å². The van der Waals surface area contributed by atoms with Gasteiger partial charge in [0.2, 0.25) is 0 Å². The van der Waals surface area contributed by atoms with Crippen molar-refractivity contribution in [3.63, 3.8) is 0 Å². The molecule has 0 saturated carbocycles. The molecule has 1 radical (unpaired) electrons. The van der Waals surface area contributed by atoms with Crippen molar-refractivity contribution in [2.75, 3.05) is 6.61 Å². The molecule has 0 aromatic rings. The second-order valence-electron chi connectivity index (χ2n) is 2.30. The fourth-order valence-electron chi connectivity index (χ4n) is 0.928. The minimum atomic E-state index is -1.09. The van der Waals surface area contributed by atoms with E-state index in [1.807, 2.05) is 0 Å². The van der Waals surface area contributed by atoms with Crippen LogP contribution in [-0.2, 0) is 4.74 Å². The zero-order valence-corrected chi connectivity index (χ0v) is 5.34. The van der Waals surface area contributed by atoms with E-state index in [-0.39, 0.29) is 6.61 Å². The normalized spacial score (nSPS) is 48.9. The van der Waals surface area contributed by atoms with Crippen LogP contribution in [0.4, 0.5) is 0 Å². The molecule has 3 N–H and O–H groups in total. The number of aliphatic hydroxyl groups excluding tert-OH is 3. The summed E-state index contributed by atoms with van der Waals surface area (Å²) in [6.07, 6.45) is -2.95. The summed E-state index contributed by atoms with van der Waals surface area (Å²) in [5.74, 6) is 0. The molecule has 0 aromatic heterocycles. The molecule has 1 heterocycles. The van der Waals surface area contributed by atoms with Gasteiger partial charge in [-0.3, -0.25) is 0 Å². The summed E-state index contributed by atoms with van der Waals surface area (Å²) in [4.78, 5) is 0. The first kappa shape index (κ1) is 6.60. The third-order valence-corrected chi connectivity index (χ3v) is 1.58. The molecule has 0 amide bonds. The van der Waals surface area contributed by atoms with Crippen molar-refractivity contribution in [3.8, 4) is 0 Å². The quantitative estimate of drug-likeness (QED) is 0.370. The first-order valence-corrected chi connectivity index (χ1v) is 3.05. The van der Waals surface area contributed by atoms with E-state index in [1.165, 1.54) is 0 Å². The minimum absolute atomic E-state index is 0.345. The molecule has 4 atom stereocenters. The Morgan fingerprint density at radius 2 is 2.20 bits per heavy atom. The summed E-state index contributed by atoms with van der Waals surface area (Å²) in [6.45, 7) is -0.345. The summed E-state index contributed by atoms with van der Waals surface area (Å²) in [5, 5.41) is 26.8. The van der Waals surface area contributed by atoms with Crippen molar-refractivity contribution in [2.45, 2.75) is 24.3 Å². The standard InChI is InChI=1S/C5H10BO4/c6-5-4(9)3(8)2(1-7)10-5/h2-9H,1H2/t2-,3?,4?,5-/m1/s1/i6H. The molecule has 1 fully saturated rings. The van der Waals surface area contributed by atoms with Gasteiger partial charge in [0.15, 0.2) is 0 Å². The molecular formula is C5H10BO4. The highest BCUT2D eigenvalue weighted by atomic mass is 16.5. The molecule has 0 aliphatic carbocycles. The van der Waals surface area contributed by atoms with E-state index >= 15 is 0 Å². The van der Waals surface area contributed by atoms with Gasteiger partial charge in [0, 0.05) is 6.00 Å². The first-order valence-electron chi connectivity index (χ1n) is 3.62. The Hall–Kier alpha value is -0.0951. The Morgan fingerprint density at radius 1 is 1.50 bits per heavy atom. The van der Waals surface area contributed by atoms with Crippen LogP contribution in [0, 0.1) is 0 Å². The van der Waals surface area contributed by atoms with Crippen molar-refractivity contribution >= 4 is 7.81 Å². The van der Waals surface area contributed by atoms with Gasteiger partial charge >= 0.3 is 0 Å². The molecular weight excluding hydrogens is 135 g/mol. The Labute approximate surface area is 61.2 Å². The number of ether oxygens (including phenoxy) is 1. The summed E-state index contributed by atoms with van der Waals surface area (Å²) in [7, 11) is 0.906. The van der Waals surface area contributed by atoms with Gasteiger partial charge in [0.05, 0.1) is 6.61 Å². The molecule has 5 heteroatoms. The minimum Gasteiger partial charge on any atom is -0.394 e. The van der Waals surface area contributed by atoms with Crippen LogP contribution in [0.1, 0.15) is 0 Å². The van der Waals surface area contributed by atoms with E-state index in [0.717, 1.165) is 7.81 Å². The molecule has 0 bridgehead atoms. The van der Waals surface area contributed by atoms with E-state index in [1.54, 1.807) is 0 Å². The number of hydrogen-bond donors (Lipinski definition) is 3. The molecule has 1 aliphatic rings. The molecule has 1 aliphatic heterocycles. The number of hydrogen-bond acceptors (Lipinski definition) is 4. The zero-order chi connectivity index (χ0) is 8.43. The van der Waals surface area contributed by atoms with Gasteiger partial charge in [0.25, 0.3) is 0 Å². The molecule has 2 unspecified atom stereocenters. The van der Waals surface area contributed by atoms with E-state index in [9.17, 15) is 0 Å². The van der Waals surface area contributed by atoms with Crippen LogP contribution in [0.3, 0.4) is 0 Å². The van der Waals surface area contributed by atoms with Gasteiger partial charge in [-0.15, -0.1) is 0 Å². The monoisotopic (exact) mass is 145 g/mol. The van der Waals surface area contributed by atoms with Gasteiger partial charge in [-0.05, 0) is 1.34 Å². The molecule has 1 rings (SSSR count). The Balaban J connectivity index is 2.53. The second-order valence-corrected chi connectivity index (χ2v) is 2.30. The predicted octanol–water partition coefficient (Wildman–Crippen LogP) is -2.67. The summed E-state index contributed by atoms with van der Waals surface area (Å²) < 4.78 is 11.7. The average molecular weight is 145 g/mol. The van der Waals surface area contributed by atoms with Crippen molar-refractivity contribution in [1.82, 2.24) is 0 Å². The SMILES string of the molecule is [1H][B][C@@H]1O[C@H](CO)C(O)C1O. The van der Waals surface area contributed by atoms with Crippen LogP contribution in [0.25, 0.3) is 0 Å². The highest BCUT2D eigenvalue weighted by molar-refractivity contribution is 6.11. The van der Waals surface area contributed by atoms with E-state index in [0.29, 0.717) is 0 Å². The third kappa shape index (κ3) is 1.18. The van der Waals surface area contributed by atoms with Crippen LogP contribution in [-0.4, -0.2) is 55.4 Å². The lowest BCUT2D eigenvalue weighted by Gasteiger charge is -2.10.